The zero-order valence-electron chi connectivity index (χ0n) is 29.4. The lowest BCUT2D eigenvalue weighted by Crippen LogP contribution is -2.57. The van der Waals surface area contributed by atoms with Gasteiger partial charge in [-0.15, -0.1) is 4.37 Å². The van der Waals surface area contributed by atoms with E-state index in [0.29, 0.717) is 29.8 Å². The van der Waals surface area contributed by atoms with Gasteiger partial charge in [-0.3, -0.25) is 9.28 Å². The van der Waals surface area contributed by atoms with Gasteiger partial charge in [0.25, 0.3) is 5.88 Å². The van der Waals surface area contributed by atoms with E-state index in [2.05, 4.69) is 60.0 Å². The number of carbonyl (C=O) groups excluding carboxylic acids is 1. The van der Waals surface area contributed by atoms with E-state index in [1.807, 2.05) is 19.9 Å². The van der Waals surface area contributed by atoms with Crippen molar-refractivity contribution in [3.63, 3.8) is 0 Å². The van der Waals surface area contributed by atoms with Crippen molar-refractivity contribution in [2.75, 3.05) is 33.9 Å². The first-order chi connectivity index (χ1) is 22.1. The van der Waals surface area contributed by atoms with Crippen molar-refractivity contribution in [3.05, 3.63) is 47.7 Å². The third-order valence-electron chi connectivity index (χ3n) is 8.26. The summed E-state index contributed by atoms with van der Waals surface area (Å²) in [5.41, 5.74) is 3.19. The Kier molecular flexibility index (Phi) is 23.4. The molecule has 0 aliphatic carbocycles. The third-order valence-corrected chi connectivity index (χ3v) is 8.77. The number of ether oxygens (including phenoxy) is 2. The molecule has 8 heteroatoms. The molecule has 0 bridgehead atoms. The summed E-state index contributed by atoms with van der Waals surface area (Å²) in [6, 6.07) is 10.4. The highest BCUT2D eigenvalue weighted by atomic mass is 32.1. The van der Waals surface area contributed by atoms with Crippen LogP contribution in [0, 0.1) is 0 Å². The summed E-state index contributed by atoms with van der Waals surface area (Å²) in [5.74, 6) is 0.573. The molecule has 0 amide bonds. The maximum atomic E-state index is 13.1. The molecule has 1 aliphatic rings. The van der Waals surface area contributed by atoms with Gasteiger partial charge in [-0.2, -0.15) is 4.37 Å². The molecular weight excluding hydrogens is 582 g/mol. The molecule has 45 heavy (non-hydrogen) atoms. The Morgan fingerprint density at radius 2 is 1.49 bits per heavy atom. The first-order valence-electron chi connectivity index (χ1n) is 17.7. The van der Waals surface area contributed by atoms with Gasteiger partial charge < -0.3 is 14.6 Å². The predicted molar refractivity (Wildman–Crippen MR) is 189 cm³/mol. The molecule has 2 heterocycles. The fraction of sp³-hybridized carbons (Fsp3) is 0.703. The van der Waals surface area contributed by atoms with Gasteiger partial charge in [-0.1, -0.05) is 135 Å². The molecule has 2 unspecified atom stereocenters. The monoisotopic (exact) mass is 646 g/mol. The van der Waals surface area contributed by atoms with Crippen LogP contribution in [-0.2, 0) is 16.0 Å². The van der Waals surface area contributed by atoms with Crippen LogP contribution in [0.3, 0.4) is 0 Å². The van der Waals surface area contributed by atoms with Gasteiger partial charge in [0.15, 0.2) is 0 Å². The van der Waals surface area contributed by atoms with E-state index in [-0.39, 0.29) is 12.2 Å². The molecule has 0 fully saturated rings. The molecule has 0 spiro atoms. The smallest absolute Gasteiger partial charge is 0.310 e. The number of esters is 1. The molecule has 1 N–H and O–H groups in total. The van der Waals surface area contributed by atoms with Gasteiger partial charge >= 0.3 is 5.97 Å². The van der Waals surface area contributed by atoms with E-state index in [1.165, 1.54) is 81.5 Å². The summed E-state index contributed by atoms with van der Waals surface area (Å²) in [6.07, 6.45) is 19.9. The number of aliphatic hydroxyl groups excluding tert-OH is 1. The minimum atomic E-state index is -0.253. The Bertz CT molecular complexity index is 1030. The molecule has 256 valence electrons. The second-order valence-electron chi connectivity index (χ2n) is 11.9. The van der Waals surface area contributed by atoms with Gasteiger partial charge in [-0.05, 0) is 18.4 Å². The SMILES string of the molecule is CC.CCCCCCCCCCCC(=O)OC(Cc1ccccc1)[N+]1(C)CCC=C(c2nsnc2OCCCCCC)C1.CO. The summed E-state index contributed by atoms with van der Waals surface area (Å²) >= 11 is 1.21. The third kappa shape index (κ3) is 16.2. The van der Waals surface area contributed by atoms with E-state index >= 15 is 0 Å². The van der Waals surface area contributed by atoms with Gasteiger partial charge in [0.2, 0.25) is 6.23 Å². The number of aromatic nitrogens is 2. The molecule has 1 aromatic heterocycles. The number of hydrogen-bond donors (Lipinski definition) is 1. The molecule has 7 nitrogen and oxygen atoms in total. The number of rotatable bonds is 21. The van der Waals surface area contributed by atoms with Crippen LogP contribution in [-0.4, -0.2) is 64.4 Å². The standard InChI is InChI=1S/C34H54N3O3S.C2H6.CH4O/c1-4-6-8-10-11-12-13-14-18-24-32(38)40-31(27-29-21-16-15-17-22-29)37(3)25-20-23-30(28-37)33-34(36-41-35-33)39-26-19-9-7-5-2;2*1-2/h15-17,21-23,31H,4-14,18-20,24-28H2,1-3H3;1-2H3;2H,1H3/q+1;;. The lowest BCUT2D eigenvalue weighted by atomic mass is 10.0. The van der Waals surface area contributed by atoms with Crippen molar-refractivity contribution >= 4 is 23.3 Å². The van der Waals surface area contributed by atoms with Crippen molar-refractivity contribution < 1.29 is 23.9 Å². The van der Waals surface area contributed by atoms with Crippen molar-refractivity contribution in [2.45, 2.75) is 137 Å². The Morgan fingerprint density at radius 3 is 2.13 bits per heavy atom. The van der Waals surface area contributed by atoms with Crippen LogP contribution >= 0.6 is 11.7 Å². The molecule has 1 aromatic carbocycles. The molecule has 2 aromatic rings. The number of hydrogen-bond acceptors (Lipinski definition) is 7. The maximum absolute atomic E-state index is 13.1. The molecule has 3 rings (SSSR count). The number of aliphatic hydroxyl groups is 1. The average Bonchev–Trinajstić information content (AvgIpc) is 3.55. The van der Waals surface area contributed by atoms with E-state index < -0.39 is 0 Å². The highest BCUT2D eigenvalue weighted by molar-refractivity contribution is 6.99. The number of carbonyl (C=O) groups is 1. The maximum Gasteiger partial charge on any atom is 0.310 e. The summed E-state index contributed by atoms with van der Waals surface area (Å²) < 4.78 is 22.1. The van der Waals surface area contributed by atoms with Crippen LogP contribution in [0.5, 0.6) is 5.88 Å². The zero-order valence-corrected chi connectivity index (χ0v) is 30.2. The zero-order chi connectivity index (χ0) is 33.2. The topological polar surface area (TPSA) is 81.5 Å². The van der Waals surface area contributed by atoms with Gasteiger partial charge in [0.1, 0.15) is 12.2 Å². The Balaban J connectivity index is 0.00000243. The van der Waals surface area contributed by atoms with Crippen LogP contribution in [0.4, 0.5) is 0 Å². The lowest BCUT2D eigenvalue weighted by Gasteiger charge is -2.42. The minimum absolute atomic E-state index is 0.0734. The summed E-state index contributed by atoms with van der Waals surface area (Å²) in [5, 5.41) is 7.00. The van der Waals surface area contributed by atoms with E-state index in [0.717, 1.165) is 57.1 Å². The second-order valence-corrected chi connectivity index (χ2v) is 12.4. The van der Waals surface area contributed by atoms with Crippen molar-refractivity contribution in [1.29, 1.82) is 0 Å². The second kappa shape index (κ2) is 25.9. The van der Waals surface area contributed by atoms with Crippen LogP contribution in [0.2, 0.25) is 0 Å². The highest BCUT2D eigenvalue weighted by Crippen LogP contribution is 2.33. The summed E-state index contributed by atoms with van der Waals surface area (Å²) in [4.78, 5) is 13.1. The number of benzene rings is 1. The van der Waals surface area contributed by atoms with Gasteiger partial charge in [-0.25, -0.2) is 0 Å². The summed E-state index contributed by atoms with van der Waals surface area (Å²) in [7, 11) is 3.22. The largest absolute Gasteiger partial charge is 0.475 e. The number of nitrogens with zero attached hydrogens (tertiary/aromatic N) is 3. The minimum Gasteiger partial charge on any atom is -0.475 e. The van der Waals surface area contributed by atoms with Crippen LogP contribution < -0.4 is 4.74 Å². The highest BCUT2D eigenvalue weighted by Gasteiger charge is 2.39. The molecule has 0 saturated heterocycles. The summed E-state index contributed by atoms with van der Waals surface area (Å²) in [6.45, 7) is 10.8. The number of quaternary nitrogens is 1. The van der Waals surface area contributed by atoms with Crippen molar-refractivity contribution in [3.8, 4) is 5.88 Å². The van der Waals surface area contributed by atoms with Gasteiger partial charge in [0.05, 0.1) is 38.3 Å². The van der Waals surface area contributed by atoms with Crippen LogP contribution in [0.25, 0.3) is 5.57 Å². The first-order valence-corrected chi connectivity index (χ1v) is 18.5. The molecule has 1 aliphatic heterocycles. The van der Waals surface area contributed by atoms with Crippen LogP contribution in [0.1, 0.15) is 135 Å². The van der Waals surface area contributed by atoms with E-state index in [4.69, 9.17) is 14.6 Å². The molecular formula is C37H64N3O4S+. The average molecular weight is 647 g/mol. The predicted octanol–water partition coefficient (Wildman–Crippen LogP) is 9.40. The fourth-order valence-corrected chi connectivity index (χ4v) is 6.18. The number of unbranched alkanes of at least 4 members (excludes halogenated alkanes) is 11. The Morgan fingerprint density at radius 1 is 0.889 bits per heavy atom. The molecule has 2 atom stereocenters. The molecule has 0 saturated carbocycles. The molecule has 0 radical (unpaired) electrons. The van der Waals surface area contributed by atoms with E-state index in [9.17, 15) is 4.79 Å². The van der Waals surface area contributed by atoms with Crippen molar-refractivity contribution in [1.82, 2.24) is 8.75 Å². The van der Waals surface area contributed by atoms with Crippen LogP contribution in [0.15, 0.2) is 36.4 Å². The normalized spacial score (nSPS) is 16.4. The van der Waals surface area contributed by atoms with Gasteiger partial charge in [0, 0.05) is 25.5 Å². The van der Waals surface area contributed by atoms with Crippen molar-refractivity contribution in [2.24, 2.45) is 0 Å². The Labute approximate surface area is 279 Å². The Hall–Kier alpha value is -2.29. The fourth-order valence-electron chi connectivity index (χ4n) is 5.65. The first kappa shape index (κ1) is 40.7. The lowest BCUT2D eigenvalue weighted by molar-refractivity contribution is -0.946. The quantitative estimate of drug-likeness (QED) is 0.0827. The number of likely N-dealkylation sites (N-methyl/N-ethyl adjacent to an activating group) is 1. The van der Waals surface area contributed by atoms with E-state index in [1.54, 1.807) is 0 Å².